The minimum Gasteiger partial charge on any atom is -0.481 e. The first-order valence-corrected chi connectivity index (χ1v) is 11.1. The van der Waals surface area contributed by atoms with E-state index in [0.717, 1.165) is 22.3 Å². The summed E-state index contributed by atoms with van der Waals surface area (Å²) < 4.78 is 10.8. The molecule has 2 amide bonds. The maximum atomic E-state index is 13.0. The van der Waals surface area contributed by atoms with Crippen LogP contribution in [0.1, 0.15) is 23.5 Å². The predicted molar refractivity (Wildman–Crippen MR) is 124 cm³/mol. The molecule has 8 heteroatoms. The molecule has 2 aliphatic rings. The van der Waals surface area contributed by atoms with Crippen LogP contribution in [-0.2, 0) is 19.1 Å². The molecule has 2 unspecified atom stereocenters. The van der Waals surface area contributed by atoms with Gasteiger partial charge in [-0.25, -0.2) is 4.79 Å². The van der Waals surface area contributed by atoms with Crippen LogP contribution < -0.4 is 5.32 Å². The molecule has 8 nitrogen and oxygen atoms in total. The number of rotatable bonds is 6. The van der Waals surface area contributed by atoms with Crippen LogP contribution in [0.15, 0.2) is 48.5 Å². The van der Waals surface area contributed by atoms with Gasteiger partial charge in [0.1, 0.15) is 12.6 Å². The van der Waals surface area contributed by atoms with Crippen molar-refractivity contribution in [1.29, 1.82) is 0 Å². The van der Waals surface area contributed by atoms with Crippen molar-refractivity contribution in [3.05, 3.63) is 59.7 Å². The summed E-state index contributed by atoms with van der Waals surface area (Å²) in [6, 6.07) is 15.0. The van der Waals surface area contributed by atoms with Gasteiger partial charge in [0.15, 0.2) is 0 Å². The molecule has 0 aromatic heterocycles. The Kier molecular flexibility index (Phi) is 7.14. The van der Waals surface area contributed by atoms with Gasteiger partial charge in [-0.05, 0) is 22.3 Å². The number of carbonyl (C=O) groups is 3. The average molecular weight is 463 g/mol. The van der Waals surface area contributed by atoms with Gasteiger partial charge in [0.25, 0.3) is 0 Å². The van der Waals surface area contributed by atoms with Gasteiger partial charge < -0.3 is 24.8 Å². The van der Waals surface area contributed by atoms with E-state index >= 15 is 0 Å². The van der Waals surface area contributed by atoms with Gasteiger partial charge in [0.05, 0.1) is 19.1 Å². The summed E-state index contributed by atoms with van der Waals surface area (Å²) in [5.74, 6) is -0.0509. The van der Waals surface area contributed by atoms with Gasteiger partial charge in [-0.3, -0.25) is 9.59 Å². The Morgan fingerprint density at radius 1 is 1.15 bits per heavy atom. The molecule has 1 heterocycles. The monoisotopic (exact) mass is 462 g/mol. The molecule has 4 rings (SSSR count). The topological polar surface area (TPSA) is 105 Å². The molecule has 2 N–H and O–H groups in total. The number of hydrogen-bond donors (Lipinski definition) is 2. The van der Waals surface area contributed by atoms with Gasteiger partial charge in [-0.2, -0.15) is 0 Å². The Balaban J connectivity index is 1.41. The summed E-state index contributed by atoms with van der Waals surface area (Å²) in [6.07, 6.45) is 4.63. The number of alkyl carbamates (subject to hydrolysis) is 1. The van der Waals surface area contributed by atoms with E-state index in [-0.39, 0.29) is 45.2 Å². The van der Waals surface area contributed by atoms with Crippen LogP contribution in [0.5, 0.6) is 0 Å². The molecule has 2 atom stereocenters. The average Bonchev–Trinajstić information content (AvgIpc) is 2.97. The fraction of sp³-hybridized carbons (Fsp3) is 0.346. The maximum absolute atomic E-state index is 13.0. The fourth-order valence-corrected chi connectivity index (χ4v) is 4.48. The predicted octanol–water partition coefficient (Wildman–Crippen LogP) is 2.48. The van der Waals surface area contributed by atoms with Crippen LogP contribution in [0, 0.1) is 18.3 Å². The number of fused-ring (bicyclic) bond motifs is 3. The third-order valence-electron chi connectivity index (χ3n) is 6.18. The van der Waals surface area contributed by atoms with Gasteiger partial charge >= 0.3 is 12.1 Å². The van der Waals surface area contributed by atoms with E-state index in [1.165, 1.54) is 4.90 Å². The third kappa shape index (κ3) is 4.90. The molecule has 34 heavy (non-hydrogen) atoms. The number of nitrogens with one attached hydrogen (secondary N) is 1. The van der Waals surface area contributed by atoms with E-state index in [4.69, 9.17) is 15.9 Å². The third-order valence-corrected chi connectivity index (χ3v) is 6.18. The van der Waals surface area contributed by atoms with E-state index in [2.05, 4.69) is 11.2 Å². The van der Waals surface area contributed by atoms with Crippen LogP contribution in [0.2, 0.25) is 0 Å². The van der Waals surface area contributed by atoms with Crippen LogP contribution >= 0.6 is 0 Å². The van der Waals surface area contributed by atoms with Gasteiger partial charge in [0.2, 0.25) is 5.91 Å². The van der Waals surface area contributed by atoms with Crippen molar-refractivity contribution in [2.45, 2.75) is 18.4 Å². The van der Waals surface area contributed by atoms with Crippen LogP contribution in [0.4, 0.5) is 4.79 Å². The first kappa shape index (κ1) is 23.3. The molecule has 1 aliphatic heterocycles. The zero-order valence-corrected chi connectivity index (χ0v) is 18.6. The molecule has 1 aliphatic carbocycles. The zero-order valence-electron chi connectivity index (χ0n) is 18.6. The van der Waals surface area contributed by atoms with Crippen molar-refractivity contribution in [2.24, 2.45) is 5.92 Å². The smallest absolute Gasteiger partial charge is 0.407 e. The molecule has 0 radical (unpaired) electrons. The lowest BCUT2D eigenvalue weighted by Gasteiger charge is -2.26. The number of carbonyl (C=O) groups excluding carboxylic acids is 2. The molecule has 1 fully saturated rings. The van der Waals surface area contributed by atoms with Crippen molar-refractivity contribution in [2.75, 3.05) is 32.9 Å². The second kappa shape index (κ2) is 10.4. The number of ether oxygens (including phenoxy) is 2. The van der Waals surface area contributed by atoms with E-state index < -0.39 is 29.9 Å². The highest BCUT2D eigenvalue weighted by molar-refractivity contribution is 5.86. The van der Waals surface area contributed by atoms with E-state index in [1.807, 2.05) is 48.5 Å². The molecule has 0 spiro atoms. The summed E-state index contributed by atoms with van der Waals surface area (Å²) in [4.78, 5) is 38.5. The lowest BCUT2D eigenvalue weighted by molar-refractivity contribution is -0.144. The number of hydrogen-bond acceptors (Lipinski definition) is 5. The first-order chi connectivity index (χ1) is 16.5. The highest BCUT2D eigenvalue weighted by Crippen LogP contribution is 2.44. The number of carboxylic acids is 1. The van der Waals surface area contributed by atoms with Crippen LogP contribution in [0.25, 0.3) is 11.1 Å². The lowest BCUT2D eigenvalue weighted by atomic mass is 9.98. The molecule has 2 aromatic carbocycles. The summed E-state index contributed by atoms with van der Waals surface area (Å²) in [5.41, 5.74) is 4.39. The standard InChI is InChI=1S/C26H26N2O6/c1-2-7-23(24(29)28-12-13-33-15-17(14-28)25(30)31)27-26(32)34-16-22-20-10-5-3-8-18(20)19-9-4-6-11-21(19)22/h1,3-6,8-11,17,22-23H,7,12-16H2,(H,27,32)(H,30,31). The SMILES string of the molecule is C#CCC(NC(=O)OCC1c2ccccc2-c2ccccc21)C(=O)N1CCOCC(C(=O)O)C1. The summed E-state index contributed by atoms with van der Waals surface area (Å²) in [5, 5.41) is 11.9. The van der Waals surface area contributed by atoms with Crippen molar-refractivity contribution in [1.82, 2.24) is 10.2 Å². The molecular weight excluding hydrogens is 436 g/mol. The zero-order chi connectivity index (χ0) is 24.1. The normalized spacial score (nSPS) is 18.1. The summed E-state index contributed by atoms with van der Waals surface area (Å²) in [6.45, 7) is 0.551. The second-order valence-corrected chi connectivity index (χ2v) is 8.33. The fourth-order valence-electron chi connectivity index (χ4n) is 4.48. The molecule has 176 valence electrons. The Hall–Kier alpha value is -3.83. The van der Waals surface area contributed by atoms with Crippen LogP contribution in [-0.4, -0.2) is 66.9 Å². The largest absolute Gasteiger partial charge is 0.481 e. The minimum atomic E-state index is -1.04. The number of aliphatic carboxylic acids is 1. The van der Waals surface area contributed by atoms with Gasteiger partial charge in [-0.15, -0.1) is 12.3 Å². The number of nitrogens with zero attached hydrogens (tertiary/aromatic N) is 1. The molecule has 1 saturated heterocycles. The van der Waals surface area contributed by atoms with Crippen molar-refractivity contribution < 1.29 is 29.0 Å². The number of amides is 2. The maximum Gasteiger partial charge on any atom is 0.407 e. The molecule has 2 aromatic rings. The van der Waals surface area contributed by atoms with Gasteiger partial charge in [-0.1, -0.05) is 48.5 Å². The van der Waals surface area contributed by atoms with E-state index in [0.29, 0.717) is 0 Å². The van der Waals surface area contributed by atoms with Crippen molar-refractivity contribution >= 4 is 18.0 Å². The van der Waals surface area contributed by atoms with Crippen molar-refractivity contribution in [3.63, 3.8) is 0 Å². The minimum absolute atomic E-state index is 0.0123. The summed E-state index contributed by atoms with van der Waals surface area (Å²) in [7, 11) is 0. The van der Waals surface area contributed by atoms with E-state index in [9.17, 15) is 19.5 Å². The Morgan fingerprint density at radius 2 is 1.79 bits per heavy atom. The Labute approximate surface area is 197 Å². The number of carboxylic acid groups (broad SMARTS) is 1. The Morgan fingerprint density at radius 3 is 2.41 bits per heavy atom. The van der Waals surface area contributed by atoms with E-state index in [1.54, 1.807) is 0 Å². The van der Waals surface area contributed by atoms with Crippen LogP contribution in [0.3, 0.4) is 0 Å². The highest BCUT2D eigenvalue weighted by Gasteiger charge is 2.33. The highest BCUT2D eigenvalue weighted by atomic mass is 16.5. The molecular formula is C26H26N2O6. The first-order valence-electron chi connectivity index (χ1n) is 11.1. The number of benzene rings is 2. The van der Waals surface area contributed by atoms with Crippen molar-refractivity contribution in [3.8, 4) is 23.5 Å². The quantitative estimate of drug-likeness (QED) is 0.639. The van der Waals surface area contributed by atoms with Gasteiger partial charge in [0, 0.05) is 25.4 Å². The number of terminal acetylenes is 1. The lowest BCUT2D eigenvalue weighted by Crippen LogP contribution is -2.50. The summed E-state index contributed by atoms with van der Waals surface area (Å²) >= 11 is 0. The second-order valence-electron chi connectivity index (χ2n) is 8.33. The molecule has 0 saturated carbocycles. The molecule has 0 bridgehead atoms. The Bertz CT molecular complexity index is 1080.